The lowest BCUT2D eigenvalue weighted by Crippen LogP contribution is -1.95. The zero-order valence-electron chi connectivity index (χ0n) is 12.8. The van der Waals surface area contributed by atoms with Gasteiger partial charge in [0, 0.05) is 22.2 Å². The van der Waals surface area contributed by atoms with Crippen LogP contribution in [0.3, 0.4) is 0 Å². The molecule has 3 aromatic rings. The molecule has 3 rings (SSSR count). The first-order valence-electron chi connectivity index (χ1n) is 7.13. The number of rotatable bonds is 4. The van der Waals surface area contributed by atoms with E-state index < -0.39 is 0 Å². The van der Waals surface area contributed by atoms with Gasteiger partial charge < -0.3 is 5.32 Å². The van der Waals surface area contributed by atoms with Crippen molar-refractivity contribution in [3.63, 3.8) is 0 Å². The van der Waals surface area contributed by atoms with Gasteiger partial charge in [-0.25, -0.2) is 9.37 Å². The van der Waals surface area contributed by atoms with Crippen LogP contribution in [0.1, 0.15) is 22.8 Å². The predicted octanol–water partition coefficient (Wildman–Crippen LogP) is 5.20. The van der Waals surface area contributed by atoms with E-state index in [1.807, 2.05) is 17.5 Å². The van der Waals surface area contributed by atoms with Crippen molar-refractivity contribution < 1.29 is 9.18 Å². The molecule has 0 aliphatic rings. The number of carbonyl (C=O) groups excluding carboxylic acids is 1. The third kappa shape index (κ3) is 3.46. The molecule has 2 aromatic carbocycles. The smallest absolute Gasteiger partial charge is 0.187 e. The lowest BCUT2D eigenvalue weighted by atomic mass is 10.1. The number of nitrogens with zero attached hydrogens (tertiary/aromatic N) is 1. The van der Waals surface area contributed by atoms with Gasteiger partial charge in [-0.3, -0.25) is 4.79 Å². The maximum Gasteiger partial charge on any atom is 0.187 e. The van der Waals surface area contributed by atoms with Gasteiger partial charge in [-0.05, 0) is 49.7 Å². The Labute approximate surface area is 137 Å². The normalized spacial score (nSPS) is 10.6. The molecule has 5 heteroatoms. The second kappa shape index (κ2) is 6.30. The number of anilines is 2. The molecule has 0 atom stereocenters. The molecule has 0 aliphatic carbocycles. The van der Waals surface area contributed by atoms with Crippen LogP contribution in [0.2, 0.25) is 0 Å². The maximum absolute atomic E-state index is 13.4. The van der Waals surface area contributed by atoms with Gasteiger partial charge in [0.2, 0.25) is 0 Å². The van der Waals surface area contributed by atoms with Crippen molar-refractivity contribution in [3.8, 4) is 11.3 Å². The summed E-state index contributed by atoms with van der Waals surface area (Å²) in [5.74, 6) is -0.196. The first-order chi connectivity index (χ1) is 11.0. The summed E-state index contributed by atoms with van der Waals surface area (Å²) in [6.07, 6.45) is 0. The van der Waals surface area contributed by atoms with E-state index in [0.717, 1.165) is 22.1 Å². The highest BCUT2D eigenvalue weighted by molar-refractivity contribution is 7.14. The Morgan fingerprint density at radius 1 is 1.22 bits per heavy atom. The molecule has 0 spiro atoms. The van der Waals surface area contributed by atoms with Gasteiger partial charge in [0.1, 0.15) is 5.82 Å². The molecule has 1 N–H and O–H groups in total. The first kappa shape index (κ1) is 15.4. The minimum absolute atomic E-state index is 0.0234. The van der Waals surface area contributed by atoms with Gasteiger partial charge >= 0.3 is 0 Å². The standard InChI is InChI=1S/C18H15FN2OS/c1-11-8-14(6-7-16(11)19)17-10-23-18(21-17)20-15-5-3-4-13(9-15)12(2)22/h3-10H,1-2H3,(H,20,21). The number of aromatic nitrogens is 1. The Bertz CT molecular complexity index is 873. The van der Waals surface area contributed by atoms with E-state index in [1.165, 1.54) is 24.3 Å². The summed E-state index contributed by atoms with van der Waals surface area (Å²) in [7, 11) is 0. The summed E-state index contributed by atoms with van der Waals surface area (Å²) >= 11 is 1.46. The van der Waals surface area contributed by atoms with E-state index in [0.29, 0.717) is 11.1 Å². The van der Waals surface area contributed by atoms with Gasteiger partial charge in [0.15, 0.2) is 10.9 Å². The molecule has 0 fully saturated rings. The number of ketones is 1. The van der Waals surface area contributed by atoms with Crippen LogP contribution >= 0.6 is 11.3 Å². The molecule has 1 aromatic heterocycles. The molecule has 0 saturated carbocycles. The van der Waals surface area contributed by atoms with Crippen LogP contribution in [0.15, 0.2) is 47.8 Å². The third-order valence-electron chi connectivity index (χ3n) is 3.48. The molecule has 1 heterocycles. The Kier molecular flexibility index (Phi) is 4.21. The fraction of sp³-hybridized carbons (Fsp3) is 0.111. The number of benzene rings is 2. The topological polar surface area (TPSA) is 42.0 Å². The molecule has 23 heavy (non-hydrogen) atoms. The van der Waals surface area contributed by atoms with Crippen LogP contribution in [0, 0.1) is 12.7 Å². The zero-order chi connectivity index (χ0) is 16.4. The summed E-state index contributed by atoms with van der Waals surface area (Å²) in [6, 6.07) is 12.2. The van der Waals surface area contributed by atoms with Gasteiger partial charge in [-0.15, -0.1) is 11.3 Å². The number of Topliss-reactive ketones (excluding diaryl/α,β-unsaturated/α-hetero) is 1. The van der Waals surface area contributed by atoms with Crippen LogP contribution in [-0.4, -0.2) is 10.8 Å². The van der Waals surface area contributed by atoms with Crippen molar-refractivity contribution in [2.24, 2.45) is 0 Å². The number of nitrogens with one attached hydrogen (secondary N) is 1. The molecular formula is C18H15FN2OS. The molecule has 0 bridgehead atoms. The lowest BCUT2D eigenvalue weighted by Gasteiger charge is -2.04. The van der Waals surface area contributed by atoms with Gasteiger partial charge in [-0.1, -0.05) is 12.1 Å². The number of carbonyl (C=O) groups is 1. The Balaban J connectivity index is 1.83. The molecular weight excluding hydrogens is 311 g/mol. The summed E-state index contributed by atoms with van der Waals surface area (Å²) in [5.41, 5.74) is 3.74. The fourth-order valence-electron chi connectivity index (χ4n) is 2.21. The molecule has 0 aliphatic heterocycles. The predicted molar refractivity (Wildman–Crippen MR) is 92.0 cm³/mol. The highest BCUT2D eigenvalue weighted by Crippen LogP contribution is 2.28. The van der Waals surface area contributed by atoms with Crippen LogP contribution < -0.4 is 5.32 Å². The van der Waals surface area contributed by atoms with Gasteiger partial charge in [0.25, 0.3) is 0 Å². The highest BCUT2D eigenvalue weighted by atomic mass is 32.1. The number of aryl methyl sites for hydroxylation is 1. The van der Waals surface area contributed by atoms with Crippen molar-refractivity contribution in [1.82, 2.24) is 4.98 Å². The molecule has 0 unspecified atom stereocenters. The summed E-state index contributed by atoms with van der Waals surface area (Å²) in [6.45, 7) is 3.27. The zero-order valence-corrected chi connectivity index (χ0v) is 13.6. The van der Waals surface area contributed by atoms with Gasteiger partial charge in [0.05, 0.1) is 5.69 Å². The highest BCUT2D eigenvalue weighted by Gasteiger charge is 2.08. The third-order valence-corrected chi connectivity index (χ3v) is 4.24. The monoisotopic (exact) mass is 326 g/mol. The molecule has 3 nitrogen and oxygen atoms in total. The average molecular weight is 326 g/mol. The summed E-state index contributed by atoms with van der Waals surface area (Å²) in [4.78, 5) is 15.9. The van der Waals surface area contributed by atoms with Gasteiger partial charge in [-0.2, -0.15) is 0 Å². The molecule has 0 radical (unpaired) electrons. The maximum atomic E-state index is 13.4. The number of thiazole rings is 1. The quantitative estimate of drug-likeness (QED) is 0.670. The summed E-state index contributed by atoms with van der Waals surface area (Å²) < 4.78 is 13.4. The molecule has 0 saturated heterocycles. The minimum atomic E-state index is -0.219. The van der Waals surface area contributed by atoms with E-state index in [1.54, 1.807) is 31.2 Å². The Hall–Kier alpha value is -2.53. The lowest BCUT2D eigenvalue weighted by molar-refractivity contribution is 0.101. The summed E-state index contributed by atoms with van der Waals surface area (Å²) in [5, 5.41) is 5.84. The molecule has 0 amide bonds. The SMILES string of the molecule is CC(=O)c1cccc(Nc2nc(-c3ccc(F)c(C)c3)cs2)c1. The Morgan fingerprint density at radius 2 is 2.04 bits per heavy atom. The Morgan fingerprint density at radius 3 is 2.78 bits per heavy atom. The van der Waals surface area contributed by atoms with Crippen molar-refractivity contribution in [3.05, 3.63) is 64.8 Å². The van der Waals surface area contributed by atoms with E-state index in [-0.39, 0.29) is 11.6 Å². The fourth-order valence-corrected chi connectivity index (χ4v) is 2.95. The van der Waals surface area contributed by atoms with E-state index >= 15 is 0 Å². The van der Waals surface area contributed by atoms with Crippen LogP contribution in [0.25, 0.3) is 11.3 Å². The minimum Gasteiger partial charge on any atom is -0.332 e. The van der Waals surface area contributed by atoms with Crippen molar-refractivity contribution in [2.45, 2.75) is 13.8 Å². The second-order valence-corrected chi connectivity index (χ2v) is 6.12. The number of halogens is 1. The van der Waals surface area contributed by atoms with Crippen LogP contribution in [0.4, 0.5) is 15.2 Å². The number of hydrogen-bond acceptors (Lipinski definition) is 4. The van der Waals surface area contributed by atoms with E-state index in [2.05, 4.69) is 10.3 Å². The average Bonchev–Trinajstić information content (AvgIpc) is 2.99. The second-order valence-electron chi connectivity index (χ2n) is 5.26. The molecule has 116 valence electrons. The first-order valence-corrected chi connectivity index (χ1v) is 8.01. The van der Waals surface area contributed by atoms with E-state index in [9.17, 15) is 9.18 Å². The van der Waals surface area contributed by atoms with Crippen molar-refractivity contribution in [2.75, 3.05) is 5.32 Å². The van der Waals surface area contributed by atoms with Crippen molar-refractivity contribution in [1.29, 1.82) is 0 Å². The van der Waals surface area contributed by atoms with Crippen LogP contribution in [-0.2, 0) is 0 Å². The number of hydrogen-bond donors (Lipinski definition) is 1. The van der Waals surface area contributed by atoms with E-state index in [4.69, 9.17) is 0 Å². The van der Waals surface area contributed by atoms with Crippen molar-refractivity contribution >= 4 is 27.9 Å². The largest absolute Gasteiger partial charge is 0.332 e. The van der Waals surface area contributed by atoms with Crippen LogP contribution in [0.5, 0.6) is 0 Å².